The zero-order valence-electron chi connectivity index (χ0n) is 19.0. The minimum Gasteiger partial charge on any atom is -0.355 e. The Kier molecular flexibility index (Phi) is 8.02. The predicted molar refractivity (Wildman–Crippen MR) is 129 cm³/mol. The van der Waals surface area contributed by atoms with Gasteiger partial charge in [0.05, 0.1) is 5.92 Å². The molecule has 2 aromatic rings. The fourth-order valence-electron chi connectivity index (χ4n) is 3.69. The highest BCUT2D eigenvalue weighted by molar-refractivity contribution is 7.99. The van der Waals surface area contributed by atoms with Crippen LogP contribution in [0.2, 0.25) is 0 Å². The van der Waals surface area contributed by atoms with Gasteiger partial charge in [0, 0.05) is 42.8 Å². The van der Waals surface area contributed by atoms with Gasteiger partial charge in [-0.1, -0.05) is 25.5 Å². The van der Waals surface area contributed by atoms with E-state index in [1.165, 1.54) is 23.3 Å². The zero-order valence-corrected chi connectivity index (χ0v) is 19.8. The number of nitrogens with one attached hydrogen (secondary N) is 2. The molecule has 0 bridgehead atoms. The summed E-state index contributed by atoms with van der Waals surface area (Å²) in [6.45, 7) is 7.40. The molecule has 1 unspecified atom stereocenters. The van der Waals surface area contributed by atoms with Crippen LogP contribution in [0.25, 0.3) is 0 Å². The molecule has 3 rings (SSSR count). The summed E-state index contributed by atoms with van der Waals surface area (Å²) in [5, 5.41) is 6.52. The average molecular weight is 440 g/mol. The number of likely N-dealkylation sites (tertiary alicyclic amines) is 1. The fourth-order valence-corrected chi connectivity index (χ4v) is 4.79. The third-order valence-electron chi connectivity index (χ3n) is 5.70. The van der Waals surface area contributed by atoms with Crippen molar-refractivity contribution >= 4 is 35.0 Å². The van der Waals surface area contributed by atoms with Gasteiger partial charge in [-0.2, -0.15) is 0 Å². The van der Waals surface area contributed by atoms with Crippen LogP contribution in [0.1, 0.15) is 42.9 Å². The Morgan fingerprint density at radius 3 is 2.45 bits per heavy atom. The summed E-state index contributed by atoms with van der Waals surface area (Å²) in [4.78, 5) is 26.9. The van der Waals surface area contributed by atoms with Gasteiger partial charge in [0.1, 0.15) is 0 Å². The Morgan fingerprint density at radius 2 is 1.84 bits per heavy atom. The highest BCUT2D eigenvalue weighted by Crippen LogP contribution is 2.28. The number of carbonyl (C=O) groups is 2. The van der Waals surface area contributed by atoms with Gasteiger partial charge in [0.25, 0.3) is 0 Å². The second-order valence-corrected chi connectivity index (χ2v) is 9.51. The van der Waals surface area contributed by atoms with Crippen LogP contribution < -0.4 is 10.6 Å². The second kappa shape index (κ2) is 10.7. The maximum absolute atomic E-state index is 12.3. The van der Waals surface area contributed by atoms with Crippen molar-refractivity contribution in [2.75, 3.05) is 24.7 Å². The van der Waals surface area contributed by atoms with E-state index >= 15 is 0 Å². The third-order valence-corrected chi connectivity index (χ3v) is 6.78. The van der Waals surface area contributed by atoms with Gasteiger partial charge in [0.2, 0.25) is 11.8 Å². The summed E-state index contributed by atoms with van der Waals surface area (Å²) in [7, 11) is 1.74. The fraction of sp³-hybridized carbons (Fsp3) is 0.440. The molecule has 1 atom stereocenters. The number of hydrogen-bond donors (Lipinski definition) is 2. The van der Waals surface area contributed by atoms with Crippen LogP contribution in [0.3, 0.4) is 0 Å². The number of unbranched alkanes of at least 4 members (excludes halogenated alkanes) is 1. The lowest BCUT2D eigenvalue weighted by Crippen LogP contribution is -2.31. The van der Waals surface area contributed by atoms with Gasteiger partial charge in [0.15, 0.2) is 0 Å². The molecule has 2 amide bonds. The topological polar surface area (TPSA) is 61.4 Å². The largest absolute Gasteiger partial charge is 0.355 e. The second-order valence-electron chi connectivity index (χ2n) is 8.35. The molecule has 166 valence electrons. The smallest absolute Gasteiger partial charge is 0.225 e. The number of carbonyl (C=O) groups excluding carboxylic acids is 2. The van der Waals surface area contributed by atoms with E-state index in [4.69, 9.17) is 0 Å². The van der Waals surface area contributed by atoms with Crippen LogP contribution in [0.5, 0.6) is 0 Å². The summed E-state index contributed by atoms with van der Waals surface area (Å²) >= 11 is 1.91. The summed E-state index contributed by atoms with van der Waals surface area (Å²) in [5.41, 5.74) is 5.58. The van der Waals surface area contributed by atoms with Crippen LogP contribution >= 0.6 is 11.8 Å². The quantitative estimate of drug-likeness (QED) is 0.425. The summed E-state index contributed by atoms with van der Waals surface area (Å²) < 4.78 is 0. The molecule has 0 radical (unpaired) electrons. The molecule has 1 saturated heterocycles. The van der Waals surface area contributed by atoms with E-state index in [1.807, 2.05) is 17.8 Å². The van der Waals surface area contributed by atoms with E-state index in [0.29, 0.717) is 19.5 Å². The van der Waals surface area contributed by atoms with Crippen molar-refractivity contribution in [3.8, 4) is 0 Å². The monoisotopic (exact) mass is 439 g/mol. The molecular formula is C25H33N3O2S. The zero-order chi connectivity index (χ0) is 22.4. The Labute approximate surface area is 190 Å². The van der Waals surface area contributed by atoms with Crippen molar-refractivity contribution in [3.05, 3.63) is 53.1 Å². The Hall–Kier alpha value is -2.47. The van der Waals surface area contributed by atoms with Crippen LogP contribution in [-0.2, 0) is 16.1 Å². The number of hydrogen-bond acceptors (Lipinski definition) is 4. The summed E-state index contributed by atoms with van der Waals surface area (Å²) in [6.07, 6.45) is 2.77. The van der Waals surface area contributed by atoms with Crippen LogP contribution in [0.15, 0.2) is 41.3 Å². The number of rotatable bonds is 9. The molecule has 5 nitrogen and oxygen atoms in total. The lowest BCUT2D eigenvalue weighted by Gasteiger charge is -2.15. The van der Waals surface area contributed by atoms with Crippen molar-refractivity contribution in [1.29, 1.82) is 0 Å². The van der Waals surface area contributed by atoms with Gasteiger partial charge >= 0.3 is 0 Å². The predicted octanol–water partition coefficient (Wildman–Crippen LogP) is 5.03. The first-order valence-corrected chi connectivity index (χ1v) is 12.0. The van der Waals surface area contributed by atoms with Gasteiger partial charge in [-0.15, -0.1) is 11.8 Å². The Balaban J connectivity index is 1.57. The first kappa shape index (κ1) is 23.2. The first-order chi connectivity index (χ1) is 14.9. The molecule has 0 aromatic heterocycles. The number of nitrogens with zero attached hydrogens (tertiary/aromatic N) is 1. The van der Waals surface area contributed by atoms with Crippen molar-refractivity contribution < 1.29 is 9.59 Å². The van der Waals surface area contributed by atoms with E-state index in [0.717, 1.165) is 28.3 Å². The maximum atomic E-state index is 12.3. The molecule has 31 heavy (non-hydrogen) atoms. The highest BCUT2D eigenvalue weighted by Gasteiger charge is 2.31. The van der Waals surface area contributed by atoms with Gasteiger partial charge in [-0.3, -0.25) is 9.59 Å². The molecule has 1 heterocycles. The molecular weight excluding hydrogens is 406 g/mol. The summed E-state index contributed by atoms with van der Waals surface area (Å²) in [5.74, 6) is 0.901. The lowest BCUT2D eigenvalue weighted by atomic mass is 10.1. The van der Waals surface area contributed by atoms with E-state index in [2.05, 4.69) is 61.7 Å². The lowest BCUT2D eigenvalue weighted by molar-refractivity contribution is -0.128. The standard InChI is InChI=1S/C25H33N3O2S/c1-5-6-11-31-21-8-10-23(18(3)13-21)27-22-9-7-19(12-17(22)2)15-26-25(30)20-14-24(29)28(4)16-20/h7-10,12-13,20,27H,5-6,11,14-16H2,1-4H3,(H,26,30). The van der Waals surface area contributed by atoms with Gasteiger partial charge < -0.3 is 15.5 Å². The van der Waals surface area contributed by atoms with Crippen molar-refractivity contribution in [1.82, 2.24) is 10.2 Å². The minimum absolute atomic E-state index is 0.0364. The van der Waals surface area contributed by atoms with Crippen molar-refractivity contribution in [3.63, 3.8) is 0 Å². The molecule has 2 N–H and O–H groups in total. The van der Waals surface area contributed by atoms with E-state index in [9.17, 15) is 9.59 Å². The van der Waals surface area contributed by atoms with E-state index < -0.39 is 0 Å². The molecule has 1 aliphatic heterocycles. The van der Waals surface area contributed by atoms with Crippen LogP contribution in [0.4, 0.5) is 11.4 Å². The number of amides is 2. The normalized spacial score (nSPS) is 15.9. The molecule has 0 aliphatic carbocycles. The summed E-state index contributed by atoms with van der Waals surface area (Å²) in [6, 6.07) is 12.8. The minimum atomic E-state index is -0.245. The first-order valence-electron chi connectivity index (χ1n) is 11.0. The van der Waals surface area contributed by atoms with Crippen LogP contribution in [0, 0.1) is 19.8 Å². The third kappa shape index (κ3) is 6.26. The van der Waals surface area contributed by atoms with Crippen molar-refractivity contribution in [2.45, 2.75) is 51.5 Å². The Morgan fingerprint density at radius 1 is 1.13 bits per heavy atom. The molecule has 1 fully saturated rings. The average Bonchev–Trinajstić information content (AvgIpc) is 3.08. The number of aryl methyl sites for hydroxylation is 2. The SMILES string of the molecule is CCCCSc1ccc(Nc2ccc(CNC(=O)C3CC(=O)N(C)C3)cc2C)c(C)c1. The molecule has 0 saturated carbocycles. The molecule has 2 aromatic carbocycles. The van der Waals surface area contributed by atoms with Crippen LogP contribution in [-0.4, -0.2) is 36.1 Å². The van der Waals surface area contributed by atoms with E-state index in [-0.39, 0.29) is 17.7 Å². The van der Waals surface area contributed by atoms with Gasteiger partial charge in [-0.25, -0.2) is 0 Å². The highest BCUT2D eigenvalue weighted by atomic mass is 32.2. The maximum Gasteiger partial charge on any atom is 0.225 e. The number of benzene rings is 2. The molecule has 0 spiro atoms. The molecule has 1 aliphatic rings. The van der Waals surface area contributed by atoms with E-state index in [1.54, 1.807) is 11.9 Å². The van der Waals surface area contributed by atoms with Crippen molar-refractivity contribution in [2.24, 2.45) is 5.92 Å². The Bertz CT molecular complexity index is 944. The number of thioether (sulfide) groups is 1. The number of anilines is 2. The molecule has 6 heteroatoms. The van der Waals surface area contributed by atoms with Gasteiger partial charge in [-0.05, 0) is 67.0 Å².